The average molecular weight is 487 g/mol. The van der Waals surface area contributed by atoms with Gasteiger partial charge in [-0.1, -0.05) is 51.7 Å². The largest absolute Gasteiger partial charge is 1.00 e. The summed E-state index contributed by atoms with van der Waals surface area (Å²) in [5.74, 6) is -2.37. The fraction of sp³-hybridized carbons (Fsp3) is 0.619. The van der Waals surface area contributed by atoms with Gasteiger partial charge in [-0.3, -0.25) is 9.35 Å². The van der Waals surface area contributed by atoms with Crippen LogP contribution in [-0.2, 0) is 34.0 Å². The molecule has 0 aromatic heterocycles. The van der Waals surface area contributed by atoms with Crippen LogP contribution in [0.25, 0.3) is 0 Å². The molecule has 0 radical (unpaired) electrons. The molecular formula is C21H35NaO9S. The SMILES string of the molecule is CC=CC(=O)OCC(CCCCCC)(COC(=O)C=CC)C(=O)O.[CH2-]C(C)S(=O)(=O)O.[Na+]. The number of carboxylic acid groups (broad SMARTS) is 1. The van der Waals surface area contributed by atoms with Crippen molar-refractivity contribution >= 4 is 28.0 Å². The summed E-state index contributed by atoms with van der Waals surface area (Å²) in [4.78, 5) is 34.8. The number of rotatable bonds is 13. The molecule has 32 heavy (non-hydrogen) atoms. The maximum atomic E-state index is 11.8. The van der Waals surface area contributed by atoms with Crippen molar-refractivity contribution in [1.82, 2.24) is 0 Å². The van der Waals surface area contributed by atoms with Gasteiger partial charge in [-0.2, -0.15) is 0 Å². The smallest absolute Gasteiger partial charge is 0.481 e. The molecular weight excluding hydrogens is 451 g/mol. The second-order valence-electron chi connectivity index (χ2n) is 6.94. The molecule has 1 unspecified atom stereocenters. The topological polar surface area (TPSA) is 144 Å². The Balaban J connectivity index is -0.000000903. The fourth-order valence-electron chi connectivity index (χ4n) is 2.09. The monoisotopic (exact) mass is 486 g/mol. The molecule has 0 spiro atoms. The van der Waals surface area contributed by atoms with Gasteiger partial charge < -0.3 is 21.5 Å². The van der Waals surface area contributed by atoms with Gasteiger partial charge in [0.15, 0.2) is 0 Å². The molecule has 0 aromatic rings. The van der Waals surface area contributed by atoms with E-state index in [9.17, 15) is 27.9 Å². The molecule has 0 heterocycles. The Morgan fingerprint density at radius 3 is 1.69 bits per heavy atom. The summed E-state index contributed by atoms with van der Waals surface area (Å²) < 4.78 is 37.7. The Labute approximate surface area is 213 Å². The molecule has 0 fully saturated rings. The van der Waals surface area contributed by atoms with Crippen molar-refractivity contribution in [3.8, 4) is 0 Å². The van der Waals surface area contributed by atoms with E-state index >= 15 is 0 Å². The second kappa shape index (κ2) is 19.3. The minimum Gasteiger partial charge on any atom is -0.481 e. The zero-order valence-corrected chi connectivity index (χ0v) is 22.5. The van der Waals surface area contributed by atoms with Crippen molar-refractivity contribution in [3.63, 3.8) is 0 Å². The van der Waals surface area contributed by atoms with Gasteiger partial charge in [0.1, 0.15) is 18.6 Å². The molecule has 0 aliphatic heterocycles. The standard InChI is InChI=1S/C18H28O6.C3H7O3S.Na/c1-4-7-8-9-12-18(17(21)22,13-23-15(19)10-5-2)14-24-16(20)11-6-3;1-3(2)7(4,5)6;/h5-6,10-11H,4,7-9,12-14H2,1-3H3,(H,21,22);3H,1H2,2H3,(H,4,5,6);/q;-1;+1. The Hall–Kier alpha value is -1.20. The Morgan fingerprint density at radius 1 is 1.00 bits per heavy atom. The van der Waals surface area contributed by atoms with E-state index < -0.39 is 38.7 Å². The first-order valence-corrected chi connectivity index (χ1v) is 11.5. The summed E-state index contributed by atoms with van der Waals surface area (Å²) in [6.07, 6.45) is 9.27. The van der Waals surface area contributed by atoms with Crippen LogP contribution in [0.4, 0.5) is 0 Å². The molecule has 0 aliphatic rings. The minimum absolute atomic E-state index is 0. The van der Waals surface area contributed by atoms with Crippen molar-refractivity contribution in [1.29, 1.82) is 0 Å². The van der Waals surface area contributed by atoms with Gasteiger partial charge in [0, 0.05) is 12.2 Å². The van der Waals surface area contributed by atoms with Crippen LogP contribution in [-0.4, -0.2) is 54.4 Å². The van der Waals surface area contributed by atoms with Gasteiger partial charge in [0.05, 0.1) is 0 Å². The summed E-state index contributed by atoms with van der Waals surface area (Å²) in [6, 6.07) is 0. The summed E-state index contributed by atoms with van der Waals surface area (Å²) in [6.45, 7) is 9.09. The normalized spacial score (nSPS) is 13.9. The quantitative estimate of drug-likeness (QED) is 0.0942. The van der Waals surface area contributed by atoms with E-state index in [1.165, 1.54) is 31.2 Å². The first kappa shape index (κ1) is 35.4. The predicted octanol–water partition coefficient (Wildman–Crippen LogP) is 0.367. The number of hydrogen-bond donors (Lipinski definition) is 2. The van der Waals surface area contributed by atoms with Crippen LogP contribution in [0.3, 0.4) is 0 Å². The molecule has 0 bridgehead atoms. The van der Waals surface area contributed by atoms with E-state index in [1.54, 1.807) is 13.8 Å². The van der Waals surface area contributed by atoms with Crippen LogP contribution < -0.4 is 29.6 Å². The Kier molecular flexibility index (Phi) is 21.3. The Bertz CT molecular complexity index is 685. The molecule has 2 N–H and O–H groups in total. The summed E-state index contributed by atoms with van der Waals surface area (Å²) >= 11 is 0. The summed E-state index contributed by atoms with van der Waals surface area (Å²) in [5, 5.41) is 8.72. The van der Waals surface area contributed by atoms with Crippen LogP contribution in [0.1, 0.15) is 59.8 Å². The first-order chi connectivity index (χ1) is 14.4. The molecule has 0 saturated carbocycles. The van der Waals surface area contributed by atoms with Crippen LogP contribution >= 0.6 is 0 Å². The van der Waals surface area contributed by atoms with Gasteiger partial charge in [-0.25, -0.2) is 18.0 Å². The zero-order valence-electron chi connectivity index (χ0n) is 19.7. The molecule has 0 rings (SSSR count). The van der Waals surface area contributed by atoms with Crippen molar-refractivity contribution < 1.29 is 71.5 Å². The number of aliphatic carboxylic acids is 1. The molecule has 180 valence electrons. The molecule has 11 heteroatoms. The van der Waals surface area contributed by atoms with Crippen LogP contribution in [0.15, 0.2) is 24.3 Å². The second-order valence-corrected chi connectivity index (χ2v) is 8.77. The average Bonchev–Trinajstić information content (AvgIpc) is 2.67. The third-order valence-electron chi connectivity index (χ3n) is 4.06. The van der Waals surface area contributed by atoms with E-state index in [0.717, 1.165) is 19.3 Å². The van der Waals surface area contributed by atoms with E-state index in [0.29, 0.717) is 6.42 Å². The third kappa shape index (κ3) is 17.4. The Morgan fingerprint density at radius 2 is 1.41 bits per heavy atom. The number of unbranched alkanes of at least 4 members (excludes halogenated alkanes) is 3. The van der Waals surface area contributed by atoms with E-state index in [4.69, 9.17) is 14.0 Å². The van der Waals surface area contributed by atoms with Crippen molar-refractivity contribution in [3.05, 3.63) is 31.2 Å². The van der Waals surface area contributed by atoms with Crippen molar-refractivity contribution in [2.75, 3.05) is 13.2 Å². The molecule has 0 aromatic carbocycles. The number of carboxylic acids is 1. The predicted molar refractivity (Wildman–Crippen MR) is 117 cm³/mol. The molecule has 0 aliphatic carbocycles. The van der Waals surface area contributed by atoms with E-state index in [-0.39, 0.29) is 49.2 Å². The maximum Gasteiger partial charge on any atom is 1.00 e. The maximum absolute atomic E-state index is 11.8. The van der Waals surface area contributed by atoms with Gasteiger partial charge in [-0.05, 0) is 25.5 Å². The number of allylic oxidation sites excluding steroid dienone is 2. The molecule has 0 saturated heterocycles. The fourth-order valence-corrected chi connectivity index (χ4v) is 2.09. The third-order valence-corrected chi connectivity index (χ3v) is 5.07. The van der Waals surface area contributed by atoms with E-state index in [1.807, 2.05) is 0 Å². The molecule has 0 amide bonds. The van der Waals surface area contributed by atoms with Gasteiger partial charge in [-0.15, -0.1) is 0 Å². The van der Waals surface area contributed by atoms with Gasteiger partial charge in [0.25, 0.3) is 0 Å². The number of esters is 2. The van der Waals surface area contributed by atoms with Crippen LogP contribution in [0, 0.1) is 12.3 Å². The number of carbonyl (C=O) groups is 3. The van der Waals surface area contributed by atoms with Gasteiger partial charge in [0.2, 0.25) is 10.1 Å². The van der Waals surface area contributed by atoms with Crippen molar-refractivity contribution in [2.24, 2.45) is 5.41 Å². The minimum atomic E-state index is -3.85. The van der Waals surface area contributed by atoms with E-state index in [2.05, 4.69) is 13.8 Å². The van der Waals surface area contributed by atoms with Crippen LogP contribution in [0.2, 0.25) is 0 Å². The van der Waals surface area contributed by atoms with Crippen LogP contribution in [0.5, 0.6) is 0 Å². The summed E-state index contributed by atoms with van der Waals surface area (Å²) in [5.41, 5.74) is -1.43. The number of carbonyl (C=O) groups excluding carboxylic acids is 2. The number of ether oxygens (including phenoxy) is 2. The molecule has 1 atom stereocenters. The summed E-state index contributed by atoms with van der Waals surface area (Å²) in [7, 11) is -3.85. The number of hydrogen-bond acceptors (Lipinski definition) is 7. The molecule has 9 nitrogen and oxygen atoms in total. The zero-order chi connectivity index (χ0) is 24.5. The van der Waals surface area contributed by atoms with Gasteiger partial charge >= 0.3 is 47.5 Å². The van der Waals surface area contributed by atoms with Crippen molar-refractivity contribution in [2.45, 2.75) is 65.0 Å². The first-order valence-electron chi connectivity index (χ1n) is 9.98.